The van der Waals surface area contributed by atoms with Gasteiger partial charge in [0.05, 0.1) is 12.7 Å². The molecule has 1 amide bonds. The summed E-state index contributed by atoms with van der Waals surface area (Å²) in [6.45, 7) is 0. The summed E-state index contributed by atoms with van der Waals surface area (Å²) in [5.41, 5.74) is 3.14. The van der Waals surface area contributed by atoms with E-state index >= 15 is 0 Å². The standard InChI is InChI=1S/C21H17BrN4O2/c1-28-16-9-10-18(22)17(13-16)21(27)23-15-7-5-14(6-8-15)12-20-25-24-19-4-2-3-11-26(19)20/h2-11,13H,12H2,1H3,(H,23,27). The second-order valence-corrected chi connectivity index (χ2v) is 7.07. The number of methoxy groups -OCH3 is 1. The molecular weight excluding hydrogens is 420 g/mol. The molecule has 28 heavy (non-hydrogen) atoms. The van der Waals surface area contributed by atoms with Gasteiger partial charge in [0.2, 0.25) is 0 Å². The zero-order valence-electron chi connectivity index (χ0n) is 15.1. The molecule has 0 aliphatic carbocycles. The molecule has 4 aromatic rings. The number of fused-ring (bicyclic) bond motifs is 1. The number of rotatable bonds is 5. The van der Waals surface area contributed by atoms with Gasteiger partial charge in [-0.15, -0.1) is 10.2 Å². The average Bonchev–Trinajstić information content (AvgIpc) is 3.13. The first-order valence-electron chi connectivity index (χ1n) is 8.66. The molecule has 0 radical (unpaired) electrons. The van der Waals surface area contributed by atoms with Crippen molar-refractivity contribution < 1.29 is 9.53 Å². The molecule has 140 valence electrons. The number of nitrogens with one attached hydrogen (secondary N) is 1. The highest BCUT2D eigenvalue weighted by atomic mass is 79.9. The monoisotopic (exact) mass is 436 g/mol. The van der Waals surface area contributed by atoms with Crippen LogP contribution in [0.3, 0.4) is 0 Å². The molecule has 0 saturated heterocycles. The van der Waals surface area contributed by atoms with Crippen molar-refractivity contribution in [3.63, 3.8) is 0 Å². The Labute approximate surface area is 170 Å². The van der Waals surface area contributed by atoms with E-state index in [2.05, 4.69) is 31.4 Å². The van der Waals surface area contributed by atoms with Crippen LogP contribution in [0.25, 0.3) is 5.65 Å². The molecule has 0 bridgehead atoms. The molecular formula is C21H17BrN4O2. The summed E-state index contributed by atoms with van der Waals surface area (Å²) in [4.78, 5) is 12.6. The molecule has 7 heteroatoms. The lowest BCUT2D eigenvalue weighted by molar-refractivity contribution is 0.102. The van der Waals surface area contributed by atoms with Gasteiger partial charge < -0.3 is 10.1 Å². The van der Waals surface area contributed by atoms with Crippen molar-refractivity contribution in [1.29, 1.82) is 0 Å². The molecule has 0 unspecified atom stereocenters. The number of hydrogen-bond acceptors (Lipinski definition) is 4. The summed E-state index contributed by atoms with van der Waals surface area (Å²) >= 11 is 3.41. The summed E-state index contributed by atoms with van der Waals surface area (Å²) < 4.78 is 7.87. The van der Waals surface area contributed by atoms with E-state index in [9.17, 15) is 4.79 Å². The number of nitrogens with zero attached hydrogens (tertiary/aromatic N) is 3. The van der Waals surface area contributed by atoms with E-state index in [1.807, 2.05) is 53.1 Å². The molecule has 0 atom stereocenters. The van der Waals surface area contributed by atoms with E-state index in [-0.39, 0.29) is 5.91 Å². The maximum absolute atomic E-state index is 12.6. The molecule has 0 spiro atoms. The van der Waals surface area contributed by atoms with Crippen LogP contribution in [-0.4, -0.2) is 27.6 Å². The van der Waals surface area contributed by atoms with Gasteiger partial charge in [-0.25, -0.2) is 0 Å². The minimum absolute atomic E-state index is 0.207. The van der Waals surface area contributed by atoms with E-state index in [0.717, 1.165) is 22.7 Å². The van der Waals surface area contributed by atoms with Crippen LogP contribution in [0.5, 0.6) is 5.75 Å². The van der Waals surface area contributed by atoms with Gasteiger partial charge in [0.25, 0.3) is 5.91 Å². The van der Waals surface area contributed by atoms with E-state index in [1.54, 1.807) is 25.3 Å². The molecule has 2 aromatic carbocycles. The number of pyridine rings is 1. The highest BCUT2D eigenvalue weighted by Crippen LogP contribution is 2.24. The van der Waals surface area contributed by atoms with Crippen molar-refractivity contribution in [2.45, 2.75) is 6.42 Å². The summed E-state index contributed by atoms with van der Waals surface area (Å²) in [6, 6.07) is 18.8. The van der Waals surface area contributed by atoms with Crippen LogP contribution in [0.4, 0.5) is 5.69 Å². The molecule has 0 fully saturated rings. The van der Waals surface area contributed by atoms with Gasteiger partial charge in [0.15, 0.2) is 5.65 Å². The largest absolute Gasteiger partial charge is 0.497 e. The van der Waals surface area contributed by atoms with E-state index < -0.39 is 0 Å². The fraction of sp³-hybridized carbons (Fsp3) is 0.0952. The zero-order valence-corrected chi connectivity index (χ0v) is 16.7. The number of benzene rings is 2. The second-order valence-electron chi connectivity index (χ2n) is 6.22. The number of anilines is 1. The summed E-state index contributed by atoms with van der Waals surface area (Å²) in [5.74, 6) is 1.29. The molecule has 4 rings (SSSR count). The summed E-state index contributed by atoms with van der Waals surface area (Å²) in [7, 11) is 1.57. The maximum atomic E-state index is 12.6. The van der Waals surface area contributed by atoms with Crippen LogP contribution in [0, 0.1) is 0 Å². The minimum Gasteiger partial charge on any atom is -0.497 e. The van der Waals surface area contributed by atoms with Crippen LogP contribution in [0.15, 0.2) is 71.3 Å². The number of carbonyl (C=O) groups is 1. The molecule has 0 aliphatic rings. The Morgan fingerprint density at radius 3 is 2.71 bits per heavy atom. The van der Waals surface area contributed by atoms with Gasteiger partial charge in [-0.1, -0.05) is 18.2 Å². The predicted molar refractivity (Wildman–Crippen MR) is 111 cm³/mol. The third-order valence-electron chi connectivity index (χ3n) is 4.38. The van der Waals surface area contributed by atoms with E-state index in [0.29, 0.717) is 22.2 Å². The third kappa shape index (κ3) is 3.75. The van der Waals surface area contributed by atoms with Crippen LogP contribution in [0.2, 0.25) is 0 Å². The van der Waals surface area contributed by atoms with Gasteiger partial charge in [-0.2, -0.15) is 0 Å². The second kappa shape index (κ2) is 7.82. The third-order valence-corrected chi connectivity index (χ3v) is 5.07. The number of ether oxygens (including phenoxy) is 1. The fourth-order valence-corrected chi connectivity index (χ4v) is 3.33. The molecule has 6 nitrogen and oxygen atoms in total. The normalized spacial score (nSPS) is 10.8. The highest BCUT2D eigenvalue weighted by Gasteiger charge is 2.12. The van der Waals surface area contributed by atoms with E-state index in [1.165, 1.54) is 0 Å². The van der Waals surface area contributed by atoms with Gasteiger partial charge in [-0.3, -0.25) is 9.20 Å². The number of carbonyl (C=O) groups excluding carboxylic acids is 1. The molecule has 1 N–H and O–H groups in total. The van der Waals surface area contributed by atoms with Gasteiger partial charge in [0, 0.05) is 22.8 Å². The van der Waals surface area contributed by atoms with Crippen molar-refractivity contribution in [2.75, 3.05) is 12.4 Å². The van der Waals surface area contributed by atoms with Crippen LogP contribution in [-0.2, 0) is 6.42 Å². The minimum atomic E-state index is -0.207. The van der Waals surface area contributed by atoms with Crippen LogP contribution < -0.4 is 10.1 Å². The quantitative estimate of drug-likeness (QED) is 0.504. The Balaban J connectivity index is 1.48. The fourth-order valence-electron chi connectivity index (χ4n) is 2.90. The maximum Gasteiger partial charge on any atom is 0.256 e. The average molecular weight is 437 g/mol. The van der Waals surface area contributed by atoms with Gasteiger partial charge >= 0.3 is 0 Å². The lowest BCUT2D eigenvalue weighted by Crippen LogP contribution is -2.12. The van der Waals surface area contributed by atoms with Crippen LogP contribution >= 0.6 is 15.9 Å². The zero-order chi connectivity index (χ0) is 19.5. The topological polar surface area (TPSA) is 68.5 Å². The predicted octanol–water partition coefficient (Wildman–Crippen LogP) is 4.34. The lowest BCUT2D eigenvalue weighted by atomic mass is 10.1. The summed E-state index contributed by atoms with van der Waals surface area (Å²) in [6.07, 6.45) is 2.60. The Bertz CT molecular complexity index is 1140. The Morgan fingerprint density at radius 2 is 1.93 bits per heavy atom. The molecule has 2 heterocycles. The van der Waals surface area contributed by atoms with Crippen molar-refractivity contribution in [3.05, 3.63) is 88.3 Å². The highest BCUT2D eigenvalue weighted by molar-refractivity contribution is 9.10. The lowest BCUT2D eigenvalue weighted by Gasteiger charge is -2.09. The Kier molecular flexibility index (Phi) is 5.08. The van der Waals surface area contributed by atoms with E-state index in [4.69, 9.17) is 4.74 Å². The molecule has 0 saturated carbocycles. The SMILES string of the molecule is COc1ccc(Br)c(C(=O)Nc2ccc(Cc3nnc4ccccn34)cc2)c1. The van der Waals surface area contributed by atoms with Gasteiger partial charge in [0.1, 0.15) is 11.6 Å². The first kappa shape index (κ1) is 18.2. The number of aromatic nitrogens is 3. The Hall–Kier alpha value is -3.19. The Morgan fingerprint density at radius 1 is 1.11 bits per heavy atom. The molecule has 0 aliphatic heterocycles. The first-order chi connectivity index (χ1) is 13.6. The van der Waals surface area contributed by atoms with Crippen molar-refractivity contribution in [1.82, 2.24) is 14.6 Å². The number of halogens is 1. The van der Waals surface area contributed by atoms with Crippen molar-refractivity contribution in [2.24, 2.45) is 0 Å². The number of amides is 1. The smallest absolute Gasteiger partial charge is 0.256 e. The van der Waals surface area contributed by atoms with Crippen molar-refractivity contribution in [3.8, 4) is 5.75 Å². The summed E-state index contributed by atoms with van der Waals surface area (Å²) in [5, 5.41) is 11.3. The van der Waals surface area contributed by atoms with Gasteiger partial charge in [-0.05, 0) is 64.0 Å². The molecule has 2 aromatic heterocycles. The first-order valence-corrected chi connectivity index (χ1v) is 9.46. The number of hydrogen-bond donors (Lipinski definition) is 1. The van der Waals surface area contributed by atoms with Crippen molar-refractivity contribution >= 4 is 33.2 Å². The van der Waals surface area contributed by atoms with Crippen LogP contribution in [0.1, 0.15) is 21.7 Å².